The molecule has 100 valence electrons. The third-order valence-electron chi connectivity index (χ3n) is 2.43. The molecule has 0 spiro atoms. The van der Waals surface area contributed by atoms with Gasteiger partial charge in [0.2, 0.25) is 11.2 Å². The van der Waals surface area contributed by atoms with Crippen molar-refractivity contribution >= 4 is 45.8 Å². The van der Waals surface area contributed by atoms with Crippen LogP contribution in [0.5, 0.6) is 0 Å². The van der Waals surface area contributed by atoms with Crippen LogP contribution in [-0.4, -0.2) is 24.7 Å². The van der Waals surface area contributed by atoms with Gasteiger partial charge in [0.25, 0.3) is 5.95 Å². The van der Waals surface area contributed by atoms with Crippen molar-refractivity contribution in [3.63, 3.8) is 0 Å². The molecular formula is C12H8ClIN6. The highest BCUT2D eigenvalue weighted by atomic mass is 127. The second-order valence-corrected chi connectivity index (χ2v) is 5.28. The van der Waals surface area contributed by atoms with Crippen molar-refractivity contribution in [2.75, 3.05) is 5.32 Å². The van der Waals surface area contributed by atoms with Gasteiger partial charge in [0.15, 0.2) is 0 Å². The van der Waals surface area contributed by atoms with Crippen LogP contribution >= 0.6 is 34.2 Å². The first kappa shape index (κ1) is 13.3. The number of benzene rings is 1. The smallest absolute Gasteiger partial charge is 0.256 e. The van der Waals surface area contributed by atoms with Crippen molar-refractivity contribution in [3.05, 3.63) is 51.6 Å². The zero-order chi connectivity index (χ0) is 13.9. The van der Waals surface area contributed by atoms with Crippen LogP contribution in [0.3, 0.4) is 0 Å². The molecule has 8 heteroatoms. The number of hydrogen-bond acceptors (Lipinski definition) is 5. The van der Waals surface area contributed by atoms with E-state index in [0.29, 0.717) is 11.9 Å². The Hall–Kier alpha value is -1.74. The lowest BCUT2D eigenvalue weighted by Crippen LogP contribution is -2.07. The second kappa shape index (κ2) is 5.71. The molecule has 1 N–H and O–H groups in total. The lowest BCUT2D eigenvalue weighted by molar-refractivity contribution is 0.798. The Morgan fingerprint density at radius 2 is 1.95 bits per heavy atom. The number of para-hydroxylation sites is 1. The topological polar surface area (TPSA) is 68.5 Å². The normalized spacial score (nSPS) is 10.5. The number of nitrogens with zero attached hydrogens (tertiary/aromatic N) is 5. The number of nitrogens with one attached hydrogen (secondary N) is 1. The summed E-state index contributed by atoms with van der Waals surface area (Å²) >= 11 is 8.16. The van der Waals surface area contributed by atoms with Crippen LogP contribution in [0, 0.1) is 3.57 Å². The highest BCUT2D eigenvalue weighted by Crippen LogP contribution is 2.21. The van der Waals surface area contributed by atoms with Crippen LogP contribution in [0.2, 0.25) is 5.28 Å². The monoisotopic (exact) mass is 398 g/mol. The molecule has 0 amide bonds. The zero-order valence-electron chi connectivity index (χ0n) is 10.0. The number of anilines is 2. The highest BCUT2D eigenvalue weighted by molar-refractivity contribution is 14.1. The minimum absolute atomic E-state index is 0.110. The Balaban J connectivity index is 1.97. The molecule has 2 heterocycles. The van der Waals surface area contributed by atoms with Crippen molar-refractivity contribution in [1.82, 2.24) is 24.7 Å². The molecule has 1 aromatic carbocycles. The molecule has 0 bridgehead atoms. The van der Waals surface area contributed by atoms with Crippen molar-refractivity contribution in [2.45, 2.75) is 0 Å². The average molecular weight is 399 g/mol. The number of halogens is 2. The van der Waals surface area contributed by atoms with Crippen LogP contribution in [0.4, 0.5) is 11.6 Å². The molecule has 0 fully saturated rings. The first-order valence-corrected chi connectivity index (χ1v) is 7.11. The van der Waals surface area contributed by atoms with Gasteiger partial charge < -0.3 is 5.32 Å². The quantitative estimate of drug-likeness (QED) is 0.687. The van der Waals surface area contributed by atoms with Crippen LogP contribution < -0.4 is 5.32 Å². The summed E-state index contributed by atoms with van der Waals surface area (Å²) in [7, 11) is 0. The molecule has 0 saturated carbocycles. The van der Waals surface area contributed by atoms with Crippen molar-refractivity contribution in [1.29, 1.82) is 0 Å². The molecule has 0 radical (unpaired) electrons. The minimum atomic E-state index is 0.110. The Labute approximate surface area is 133 Å². The summed E-state index contributed by atoms with van der Waals surface area (Å²) in [5, 5.41) is 7.30. The van der Waals surface area contributed by atoms with Crippen molar-refractivity contribution < 1.29 is 0 Å². The summed E-state index contributed by atoms with van der Waals surface area (Å²) in [6, 6.07) is 9.60. The molecule has 20 heavy (non-hydrogen) atoms. The molecule has 3 aromatic rings. The van der Waals surface area contributed by atoms with E-state index < -0.39 is 0 Å². The lowest BCUT2D eigenvalue weighted by Gasteiger charge is -2.08. The van der Waals surface area contributed by atoms with Crippen LogP contribution in [0.15, 0.2) is 42.7 Å². The summed E-state index contributed by atoms with van der Waals surface area (Å²) < 4.78 is 2.58. The maximum absolute atomic E-state index is 5.93. The minimum Gasteiger partial charge on any atom is -0.323 e. The molecule has 0 saturated heterocycles. The molecule has 0 aliphatic heterocycles. The maximum Gasteiger partial charge on any atom is 0.256 e. The van der Waals surface area contributed by atoms with Gasteiger partial charge in [-0.15, -0.1) is 0 Å². The molecule has 6 nitrogen and oxygen atoms in total. The fourth-order valence-electron chi connectivity index (χ4n) is 1.57. The third-order valence-corrected chi connectivity index (χ3v) is 3.54. The van der Waals surface area contributed by atoms with E-state index in [1.54, 1.807) is 18.5 Å². The SMILES string of the molecule is Clc1nc(Nc2ccccc2I)nc(-n2cccn2)n1. The maximum atomic E-state index is 5.93. The largest absolute Gasteiger partial charge is 0.323 e. The van der Waals surface area contributed by atoms with Crippen molar-refractivity contribution in [2.24, 2.45) is 0 Å². The molecule has 0 aliphatic rings. The van der Waals surface area contributed by atoms with E-state index in [9.17, 15) is 0 Å². The summed E-state index contributed by atoms with van der Waals surface area (Å²) in [4.78, 5) is 12.4. The molecular weight excluding hydrogens is 391 g/mol. The predicted molar refractivity (Wildman–Crippen MR) is 84.4 cm³/mol. The molecule has 2 aromatic heterocycles. The summed E-state index contributed by atoms with van der Waals surface area (Å²) in [6.07, 6.45) is 3.38. The Bertz CT molecular complexity index is 731. The number of rotatable bonds is 3. The van der Waals surface area contributed by atoms with Crippen LogP contribution in [-0.2, 0) is 0 Å². The highest BCUT2D eigenvalue weighted by Gasteiger charge is 2.08. The van der Waals surface area contributed by atoms with E-state index in [0.717, 1.165) is 9.26 Å². The fourth-order valence-corrected chi connectivity index (χ4v) is 2.25. The van der Waals surface area contributed by atoms with E-state index in [4.69, 9.17) is 11.6 Å². The Morgan fingerprint density at radius 1 is 1.10 bits per heavy atom. The van der Waals surface area contributed by atoms with Gasteiger partial charge in [0, 0.05) is 16.0 Å². The summed E-state index contributed by atoms with van der Waals surface area (Å²) in [5.41, 5.74) is 0.904. The summed E-state index contributed by atoms with van der Waals surface area (Å²) in [5.74, 6) is 0.739. The van der Waals surface area contributed by atoms with Gasteiger partial charge in [-0.05, 0) is 52.4 Å². The molecule has 0 aliphatic carbocycles. The van der Waals surface area contributed by atoms with Crippen molar-refractivity contribution in [3.8, 4) is 5.95 Å². The average Bonchev–Trinajstić information content (AvgIpc) is 2.95. The van der Waals surface area contributed by atoms with Gasteiger partial charge in [-0.1, -0.05) is 12.1 Å². The molecule has 0 atom stereocenters. The third kappa shape index (κ3) is 2.88. The first-order chi connectivity index (χ1) is 9.72. The van der Waals surface area contributed by atoms with Gasteiger partial charge in [-0.3, -0.25) is 0 Å². The van der Waals surface area contributed by atoms with E-state index >= 15 is 0 Å². The van der Waals surface area contributed by atoms with Gasteiger partial charge >= 0.3 is 0 Å². The zero-order valence-corrected chi connectivity index (χ0v) is 12.9. The fraction of sp³-hybridized carbons (Fsp3) is 0. The van der Waals surface area contributed by atoms with Gasteiger partial charge in [-0.25, -0.2) is 4.68 Å². The van der Waals surface area contributed by atoms with Crippen LogP contribution in [0.25, 0.3) is 5.95 Å². The Morgan fingerprint density at radius 3 is 2.70 bits per heavy atom. The van der Waals surface area contributed by atoms with Gasteiger partial charge in [0.05, 0.1) is 5.69 Å². The number of hydrogen-bond donors (Lipinski definition) is 1. The Kier molecular flexibility index (Phi) is 3.79. The lowest BCUT2D eigenvalue weighted by atomic mass is 10.3. The second-order valence-electron chi connectivity index (χ2n) is 3.78. The first-order valence-electron chi connectivity index (χ1n) is 5.65. The standard InChI is InChI=1S/C12H8ClIN6/c13-10-17-11(16-9-5-2-1-4-8(9)14)19-12(18-10)20-7-3-6-15-20/h1-7H,(H,16,17,18,19). The van der Waals surface area contributed by atoms with E-state index in [1.165, 1.54) is 4.68 Å². The molecule has 0 unspecified atom stereocenters. The van der Waals surface area contributed by atoms with E-state index in [-0.39, 0.29) is 5.28 Å². The van der Waals surface area contributed by atoms with Crippen LogP contribution in [0.1, 0.15) is 0 Å². The molecule has 3 rings (SSSR count). The summed E-state index contributed by atoms with van der Waals surface area (Å²) in [6.45, 7) is 0. The number of aromatic nitrogens is 5. The van der Waals surface area contributed by atoms with Gasteiger partial charge in [0.1, 0.15) is 0 Å². The predicted octanol–water partition coefficient (Wildman–Crippen LogP) is 3.06. The van der Waals surface area contributed by atoms with E-state index in [1.807, 2.05) is 24.3 Å². The van der Waals surface area contributed by atoms with Gasteiger partial charge in [-0.2, -0.15) is 20.1 Å². The van der Waals surface area contributed by atoms with E-state index in [2.05, 4.69) is 48.0 Å².